The molecule has 0 spiro atoms. The summed E-state index contributed by atoms with van der Waals surface area (Å²) in [5.74, 6) is 0.217. The van der Waals surface area contributed by atoms with Gasteiger partial charge < -0.3 is 18.5 Å². The van der Waals surface area contributed by atoms with Crippen LogP contribution in [-0.4, -0.2) is 15.2 Å². The first kappa shape index (κ1) is 40.7. The van der Waals surface area contributed by atoms with Crippen LogP contribution >= 0.6 is 0 Å². The maximum atomic E-state index is 9.75. The summed E-state index contributed by atoms with van der Waals surface area (Å²) >= 11 is 0. The SMILES string of the molecule is N#Cc1ccc2c(c1)c1cc(C#N)ccc1n2-c1ccc2oc3c(N4c5ccccc5C5C=C(CCCc6ccc(-c7ccc8c(c7)c7ccccc7n8-c7ccccc7)cc6)C=CC54)cccc3c2c1. The first-order chi connectivity index (χ1) is 35.1. The highest BCUT2D eigenvalue weighted by Crippen LogP contribution is 2.51. The Morgan fingerprint density at radius 2 is 1.13 bits per heavy atom. The summed E-state index contributed by atoms with van der Waals surface area (Å²) in [6, 6.07) is 73.4. The molecule has 0 N–H and O–H groups in total. The number of anilines is 2. The molecule has 1 aliphatic heterocycles. The van der Waals surface area contributed by atoms with Gasteiger partial charge in [-0.05, 0) is 139 Å². The number of aromatic nitrogens is 2. The van der Waals surface area contributed by atoms with E-state index in [2.05, 4.69) is 202 Å². The molecule has 9 aromatic carbocycles. The Hall–Kier alpha value is -9.36. The van der Waals surface area contributed by atoms with E-state index < -0.39 is 0 Å². The van der Waals surface area contributed by atoms with Gasteiger partial charge in [-0.3, -0.25) is 0 Å². The zero-order valence-corrected chi connectivity index (χ0v) is 38.6. The summed E-state index contributed by atoms with van der Waals surface area (Å²) in [5, 5.41) is 26.0. The standard InChI is InChI=1S/C65H43N5O/c66-39-43-23-30-59-53(35-43)54-36-44(40-67)24-31-60(54)69(59)48-28-33-64-56(38-48)51-16-9-19-63(65(51)71-64)70-58-18-7-5-14-49(58)52-34-42(22-29-62(52)70)11-8-10-41-20-25-45(26-21-41)46-27-32-61-55(37-46)50-15-4-6-17-57(50)68(61)47-12-2-1-3-13-47/h1-7,9,12-38,52,62H,8,10-11H2. The molecule has 0 amide bonds. The van der Waals surface area contributed by atoms with Gasteiger partial charge in [0.15, 0.2) is 5.58 Å². The summed E-state index contributed by atoms with van der Waals surface area (Å²) in [6.45, 7) is 0. The average molecular weight is 910 g/mol. The molecule has 12 aromatic rings. The van der Waals surface area contributed by atoms with Gasteiger partial charge >= 0.3 is 0 Å². The van der Waals surface area contributed by atoms with Gasteiger partial charge in [-0.25, -0.2) is 0 Å². The Bertz CT molecular complexity index is 4230. The van der Waals surface area contributed by atoms with Crippen LogP contribution < -0.4 is 4.90 Å². The average Bonchev–Trinajstić information content (AvgIpc) is 4.17. The van der Waals surface area contributed by atoms with Gasteiger partial charge in [0.25, 0.3) is 0 Å². The smallest absolute Gasteiger partial charge is 0.159 e. The zero-order chi connectivity index (χ0) is 47.2. The van der Waals surface area contributed by atoms with Crippen LogP contribution in [0.4, 0.5) is 11.4 Å². The molecule has 0 fully saturated rings. The molecule has 1 aliphatic carbocycles. The molecular formula is C65H43N5O. The fraction of sp³-hybridized carbons (Fsp3) is 0.0769. The van der Waals surface area contributed by atoms with Crippen LogP contribution in [0, 0.1) is 22.7 Å². The maximum Gasteiger partial charge on any atom is 0.159 e. The van der Waals surface area contributed by atoms with E-state index in [1.807, 2.05) is 36.4 Å². The monoisotopic (exact) mass is 909 g/mol. The first-order valence-electron chi connectivity index (χ1n) is 24.4. The van der Waals surface area contributed by atoms with E-state index in [0.717, 1.165) is 74.4 Å². The Labute approximate surface area is 410 Å². The topological polar surface area (TPSA) is 73.8 Å². The molecule has 0 bridgehead atoms. The van der Waals surface area contributed by atoms with Crippen molar-refractivity contribution in [3.8, 4) is 34.6 Å². The third-order valence-electron chi connectivity index (χ3n) is 15.0. The molecule has 4 heterocycles. The molecular weight excluding hydrogens is 867 g/mol. The Morgan fingerprint density at radius 1 is 0.479 bits per heavy atom. The van der Waals surface area contributed by atoms with E-state index in [0.29, 0.717) is 11.1 Å². The van der Waals surface area contributed by atoms with Crippen LogP contribution in [0.2, 0.25) is 0 Å². The van der Waals surface area contributed by atoms with Gasteiger partial charge in [-0.15, -0.1) is 0 Å². The van der Waals surface area contributed by atoms with Gasteiger partial charge in [-0.1, -0.05) is 121 Å². The van der Waals surface area contributed by atoms with Crippen molar-refractivity contribution in [2.75, 3.05) is 4.90 Å². The van der Waals surface area contributed by atoms with Gasteiger partial charge in [-0.2, -0.15) is 10.5 Å². The van der Waals surface area contributed by atoms with Crippen molar-refractivity contribution in [2.24, 2.45) is 0 Å². The predicted octanol–water partition coefficient (Wildman–Crippen LogP) is 16.3. The van der Waals surface area contributed by atoms with E-state index in [1.54, 1.807) is 0 Å². The molecule has 6 heteroatoms. The fourth-order valence-corrected chi connectivity index (χ4v) is 11.8. The van der Waals surface area contributed by atoms with Crippen molar-refractivity contribution in [3.63, 3.8) is 0 Å². The molecule has 2 unspecified atom stereocenters. The molecule has 0 radical (unpaired) electrons. The van der Waals surface area contributed by atoms with Crippen LogP contribution in [0.3, 0.4) is 0 Å². The zero-order valence-electron chi connectivity index (χ0n) is 38.6. The van der Waals surface area contributed by atoms with Gasteiger partial charge in [0, 0.05) is 55.3 Å². The summed E-state index contributed by atoms with van der Waals surface area (Å²) < 4.78 is 11.4. The second kappa shape index (κ2) is 16.1. The molecule has 334 valence electrons. The van der Waals surface area contributed by atoms with E-state index >= 15 is 0 Å². The molecule has 14 rings (SSSR count). The normalized spacial score (nSPS) is 15.2. The molecule has 3 aromatic heterocycles. The number of allylic oxidation sites excluding steroid dienone is 2. The maximum absolute atomic E-state index is 9.75. The van der Waals surface area contributed by atoms with E-state index in [9.17, 15) is 10.5 Å². The number of benzene rings is 9. The van der Waals surface area contributed by atoms with Gasteiger partial charge in [0.1, 0.15) is 5.58 Å². The third-order valence-corrected chi connectivity index (χ3v) is 15.0. The van der Waals surface area contributed by atoms with Crippen molar-refractivity contribution < 1.29 is 4.42 Å². The lowest BCUT2D eigenvalue weighted by Gasteiger charge is -2.29. The fourth-order valence-electron chi connectivity index (χ4n) is 11.8. The van der Waals surface area contributed by atoms with E-state index in [-0.39, 0.29) is 12.0 Å². The van der Waals surface area contributed by atoms with Gasteiger partial charge in [0.2, 0.25) is 0 Å². The van der Waals surface area contributed by atoms with Crippen molar-refractivity contribution in [1.82, 2.24) is 9.13 Å². The Kier molecular flexibility index (Phi) is 9.24. The lowest BCUT2D eigenvalue weighted by atomic mass is 9.87. The predicted molar refractivity (Wildman–Crippen MR) is 289 cm³/mol. The molecule has 0 saturated heterocycles. The largest absolute Gasteiger partial charge is 0.454 e. The van der Waals surface area contributed by atoms with Crippen LogP contribution in [0.15, 0.2) is 222 Å². The summed E-state index contributed by atoms with van der Waals surface area (Å²) in [5.41, 5.74) is 18.2. The third kappa shape index (κ3) is 6.46. The minimum atomic E-state index is 0.112. The van der Waals surface area contributed by atoms with Gasteiger partial charge in [0.05, 0.1) is 57.1 Å². The van der Waals surface area contributed by atoms with Crippen molar-refractivity contribution in [1.29, 1.82) is 10.5 Å². The van der Waals surface area contributed by atoms with Crippen molar-refractivity contribution >= 4 is 76.9 Å². The summed E-state index contributed by atoms with van der Waals surface area (Å²) in [6.07, 6.45) is 10.4. The second-order valence-corrected chi connectivity index (χ2v) is 19.0. The number of fused-ring (bicyclic) bond motifs is 12. The van der Waals surface area contributed by atoms with Crippen molar-refractivity contribution in [3.05, 3.63) is 240 Å². The highest BCUT2D eigenvalue weighted by molar-refractivity contribution is 6.13. The lowest BCUT2D eigenvalue weighted by Crippen LogP contribution is -2.29. The minimum Gasteiger partial charge on any atom is -0.454 e. The molecule has 2 atom stereocenters. The number of nitrogens with zero attached hydrogens (tertiary/aromatic N) is 5. The highest BCUT2D eigenvalue weighted by Gasteiger charge is 2.39. The molecule has 2 aliphatic rings. The molecule has 71 heavy (non-hydrogen) atoms. The molecule has 6 nitrogen and oxygen atoms in total. The molecule has 0 saturated carbocycles. The van der Waals surface area contributed by atoms with E-state index in [4.69, 9.17) is 4.42 Å². The number of para-hydroxylation sites is 4. The highest BCUT2D eigenvalue weighted by atomic mass is 16.3. The quantitative estimate of drug-likeness (QED) is 0.152. The van der Waals surface area contributed by atoms with Crippen LogP contribution in [-0.2, 0) is 6.42 Å². The number of nitriles is 2. The first-order valence-corrected chi connectivity index (χ1v) is 24.4. The Balaban J connectivity index is 0.723. The minimum absolute atomic E-state index is 0.112. The summed E-state index contributed by atoms with van der Waals surface area (Å²) in [7, 11) is 0. The number of rotatable bonds is 8. The van der Waals surface area contributed by atoms with Crippen molar-refractivity contribution in [2.45, 2.75) is 31.2 Å². The Morgan fingerprint density at radius 3 is 1.92 bits per heavy atom. The summed E-state index contributed by atoms with van der Waals surface area (Å²) in [4.78, 5) is 2.47. The number of hydrogen-bond acceptors (Lipinski definition) is 4. The van der Waals surface area contributed by atoms with E-state index in [1.165, 1.54) is 61.0 Å². The number of furan rings is 1. The number of hydrogen-bond donors (Lipinski definition) is 0. The second-order valence-electron chi connectivity index (χ2n) is 19.0. The lowest BCUT2D eigenvalue weighted by molar-refractivity contribution is 0.662. The van der Waals surface area contributed by atoms with Crippen LogP contribution in [0.25, 0.3) is 88.1 Å². The number of aryl methyl sites for hydroxylation is 1. The van der Waals surface area contributed by atoms with Crippen LogP contribution in [0.1, 0.15) is 41.0 Å². The van der Waals surface area contributed by atoms with Crippen LogP contribution in [0.5, 0.6) is 0 Å².